The van der Waals surface area contributed by atoms with Crippen LogP contribution in [0.15, 0.2) is 60.8 Å². The van der Waals surface area contributed by atoms with E-state index in [1.165, 1.54) is 11.3 Å². The Bertz CT molecular complexity index is 1330. The van der Waals surface area contributed by atoms with Gasteiger partial charge >= 0.3 is 0 Å². The third-order valence-corrected chi connectivity index (χ3v) is 6.95. The maximum atomic E-state index is 13.4. The predicted molar refractivity (Wildman–Crippen MR) is 135 cm³/mol. The summed E-state index contributed by atoms with van der Waals surface area (Å²) in [5, 5.41) is 23.4. The molecular formula is C27H27N3O3S. The molecule has 2 aromatic carbocycles. The minimum Gasteiger partial charge on any atom is -0.493 e. The van der Waals surface area contributed by atoms with Crippen molar-refractivity contribution >= 4 is 28.1 Å². The number of benzene rings is 2. The van der Waals surface area contributed by atoms with Crippen LogP contribution in [0.4, 0.5) is 0 Å². The Kier molecular flexibility index (Phi) is 7.31. The van der Waals surface area contributed by atoms with Gasteiger partial charge in [-0.05, 0) is 53.9 Å². The third-order valence-electron chi connectivity index (χ3n) is 5.92. The number of hydrogen-bond donors (Lipinski definition) is 3. The number of para-hydroxylation sites is 1. The van der Waals surface area contributed by atoms with E-state index in [0.29, 0.717) is 22.8 Å². The number of nitrogens with zero attached hydrogens (tertiary/aromatic N) is 1. The molecule has 2 heterocycles. The van der Waals surface area contributed by atoms with E-state index < -0.39 is 6.04 Å². The average Bonchev–Trinajstić information content (AvgIpc) is 3.53. The van der Waals surface area contributed by atoms with Crippen LogP contribution in [0.5, 0.6) is 5.75 Å². The standard InChI is InChI=1S/C27H27N3O3S/c1-3-12-33-25-10-8-18(26-11-9-19(14-28)34-26)13-21(25)27(32)30-24(16-31)17(2)22-15-29-23-7-5-4-6-20(22)23/h4-11,13,15,17,24,29,31H,3,12,16H2,1-2H3,(H,30,32)/t17-,24?/m1/s1. The molecule has 7 heteroatoms. The monoisotopic (exact) mass is 473 g/mol. The van der Waals surface area contributed by atoms with Gasteiger partial charge in [-0.2, -0.15) is 5.26 Å². The molecule has 0 radical (unpaired) electrons. The van der Waals surface area contributed by atoms with Crippen molar-refractivity contribution < 1.29 is 14.6 Å². The molecule has 2 aromatic heterocycles. The van der Waals surface area contributed by atoms with Crippen molar-refractivity contribution in [1.29, 1.82) is 5.26 Å². The predicted octanol–water partition coefficient (Wildman–Crippen LogP) is 5.45. The van der Waals surface area contributed by atoms with E-state index in [9.17, 15) is 9.90 Å². The highest BCUT2D eigenvalue weighted by atomic mass is 32.1. The van der Waals surface area contributed by atoms with Gasteiger partial charge in [0.05, 0.1) is 24.8 Å². The molecule has 6 nitrogen and oxygen atoms in total. The third kappa shape index (κ3) is 4.84. The summed E-state index contributed by atoms with van der Waals surface area (Å²) in [6.45, 7) is 4.30. The van der Waals surface area contributed by atoms with E-state index in [0.717, 1.165) is 33.3 Å². The van der Waals surface area contributed by atoms with Gasteiger partial charge in [-0.15, -0.1) is 11.3 Å². The van der Waals surface area contributed by atoms with Crippen LogP contribution in [0.1, 0.15) is 47.0 Å². The minimum atomic E-state index is -0.485. The molecule has 2 atom stereocenters. The Morgan fingerprint density at radius 2 is 2.06 bits per heavy atom. The van der Waals surface area contributed by atoms with E-state index in [1.807, 2.05) is 56.4 Å². The molecular weight excluding hydrogens is 446 g/mol. The summed E-state index contributed by atoms with van der Waals surface area (Å²) < 4.78 is 5.85. The van der Waals surface area contributed by atoms with Gasteiger partial charge in [0.15, 0.2) is 0 Å². The number of fused-ring (bicyclic) bond motifs is 1. The first-order valence-corrected chi connectivity index (χ1v) is 12.1. The van der Waals surface area contributed by atoms with Gasteiger partial charge < -0.3 is 20.1 Å². The van der Waals surface area contributed by atoms with Crippen molar-refractivity contribution in [3.05, 3.63) is 76.8 Å². The Morgan fingerprint density at radius 1 is 1.24 bits per heavy atom. The number of amides is 1. The lowest BCUT2D eigenvalue weighted by molar-refractivity contribution is 0.0903. The maximum Gasteiger partial charge on any atom is 0.255 e. The fourth-order valence-electron chi connectivity index (χ4n) is 4.01. The number of aliphatic hydroxyl groups excluding tert-OH is 1. The van der Waals surface area contributed by atoms with Gasteiger partial charge in [-0.25, -0.2) is 0 Å². The first-order valence-electron chi connectivity index (χ1n) is 11.3. The highest BCUT2D eigenvalue weighted by Gasteiger charge is 2.25. The number of nitriles is 1. The lowest BCUT2D eigenvalue weighted by Gasteiger charge is -2.24. The van der Waals surface area contributed by atoms with Crippen LogP contribution in [0.3, 0.4) is 0 Å². The lowest BCUT2D eigenvalue weighted by Crippen LogP contribution is -2.41. The topological polar surface area (TPSA) is 98.1 Å². The van der Waals surface area contributed by atoms with Crippen molar-refractivity contribution in [3.63, 3.8) is 0 Å². The van der Waals surface area contributed by atoms with Crippen molar-refractivity contribution in [2.45, 2.75) is 32.2 Å². The van der Waals surface area contributed by atoms with Crippen molar-refractivity contribution in [2.75, 3.05) is 13.2 Å². The Hall–Kier alpha value is -3.60. The largest absolute Gasteiger partial charge is 0.493 e. The Balaban J connectivity index is 1.62. The van der Waals surface area contributed by atoms with Gasteiger partial charge in [0, 0.05) is 27.9 Å². The van der Waals surface area contributed by atoms with Crippen LogP contribution in [0.2, 0.25) is 0 Å². The summed E-state index contributed by atoms with van der Waals surface area (Å²) in [7, 11) is 0. The number of ether oxygens (including phenoxy) is 1. The average molecular weight is 474 g/mol. The molecule has 0 saturated heterocycles. The second-order valence-corrected chi connectivity index (χ2v) is 9.26. The van der Waals surface area contributed by atoms with Gasteiger partial charge in [0.25, 0.3) is 5.91 Å². The molecule has 4 aromatic rings. The fraction of sp³-hybridized carbons (Fsp3) is 0.259. The highest BCUT2D eigenvalue weighted by Crippen LogP contribution is 2.32. The number of carbonyl (C=O) groups excluding carboxylic acids is 1. The smallest absolute Gasteiger partial charge is 0.255 e. The molecule has 0 aliphatic rings. The summed E-state index contributed by atoms with van der Waals surface area (Å²) in [5.74, 6) is 0.0659. The summed E-state index contributed by atoms with van der Waals surface area (Å²) in [4.78, 5) is 18.2. The molecule has 0 aliphatic carbocycles. The number of H-pyrrole nitrogens is 1. The van der Waals surface area contributed by atoms with Crippen LogP contribution in [-0.4, -0.2) is 35.3 Å². The van der Waals surface area contributed by atoms with Gasteiger partial charge in [0.1, 0.15) is 16.7 Å². The van der Waals surface area contributed by atoms with E-state index in [4.69, 9.17) is 10.00 Å². The van der Waals surface area contributed by atoms with Gasteiger partial charge in [0.2, 0.25) is 0 Å². The summed E-state index contributed by atoms with van der Waals surface area (Å²) in [5.41, 5.74) is 3.30. The van der Waals surface area contributed by atoms with Crippen LogP contribution in [-0.2, 0) is 0 Å². The molecule has 1 unspecified atom stereocenters. The zero-order valence-electron chi connectivity index (χ0n) is 19.2. The van der Waals surface area contributed by atoms with Crippen molar-refractivity contribution in [2.24, 2.45) is 0 Å². The molecule has 0 bridgehead atoms. The number of nitrogens with one attached hydrogen (secondary N) is 2. The number of hydrogen-bond acceptors (Lipinski definition) is 5. The number of aliphatic hydroxyl groups is 1. The number of rotatable bonds is 9. The van der Waals surface area contributed by atoms with Gasteiger partial charge in [-0.1, -0.05) is 32.0 Å². The van der Waals surface area contributed by atoms with E-state index in [2.05, 4.69) is 16.4 Å². The summed E-state index contributed by atoms with van der Waals surface area (Å²) in [6.07, 6.45) is 2.75. The Morgan fingerprint density at radius 3 is 2.79 bits per heavy atom. The lowest BCUT2D eigenvalue weighted by atomic mass is 9.93. The van der Waals surface area contributed by atoms with Crippen LogP contribution in [0.25, 0.3) is 21.3 Å². The normalized spacial score (nSPS) is 12.8. The van der Waals surface area contributed by atoms with Crippen LogP contribution < -0.4 is 10.1 Å². The molecule has 34 heavy (non-hydrogen) atoms. The van der Waals surface area contributed by atoms with Crippen LogP contribution >= 0.6 is 11.3 Å². The van der Waals surface area contributed by atoms with Crippen LogP contribution in [0, 0.1) is 11.3 Å². The molecule has 1 amide bonds. The molecule has 4 rings (SSSR count). The highest BCUT2D eigenvalue weighted by molar-refractivity contribution is 7.16. The zero-order chi connectivity index (χ0) is 24.1. The second kappa shape index (κ2) is 10.6. The molecule has 0 saturated carbocycles. The van der Waals surface area contributed by atoms with Crippen molar-refractivity contribution in [1.82, 2.24) is 10.3 Å². The van der Waals surface area contributed by atoms with E-state index >= 15 is 0 Å². The van der Waals surface area contributed by atoms with Gasteiger partial charge in [-0.3, -0.25) is 4.79 Å². The molecule has 3 N–H and O–H groups in total. The first-order chi connectivity index (χ1) is 16.5. The Labute approximate surface area is 202 Å². The molecule has 0 fully saturated rings. The second-order valence-electron chi connectivity index (χ2n) is 8.18. The molecule has 0 aliphatic heterocycles. The molecule has 0 spiro atoms. The van der Waals surface area contributed by atoms with Crippen molar-refractivity contribution in [3.8, 4) is 22.3 Å². The number of aromatic nitrogens is 1. The maximum absolute atomic E-state index is 13.4. The van der Waals surface area contributed by atoms with E-state index in [-0.39, 0.29) is 18.4 Å². The zero-order valence-corrected chi connectivity index (χ0v) is 20.0. The SMILES string of the molecule is CCCOc1ccc(-c2ccc(C#N)s2)cc1C(=O)NC(CO)[C@H](C)c1c[nH]c2ccccc12. The number of carbonyl (C=O) groups is 1. The number of thiophene rings is 1. The fourth-order valence-corrected chi connectivity index (χ4v) is 4.81. The first kappa shape index (κ1) is 23.6. The quantitative estimate of drug-likeness (QED) is 0.301. The molecule has 174 valence electrons. The number of aromatic amines is 1. The summed E-state index contributed by atoms with van der Waals surface area (Å²) >= 11 is 1.38. The summed E-state index contributed by atoms with van der Waals surface area (Å²) in [6, 6.07) is 18.8. The van der Waals surface area contributed by atoms with E-state index in [1.54, 1.807) is 18.2 Å². The minimum absolute atomic E-state index is 0.122.